The first-order valence-electron chi connectivity index (χ1n) is 9.56. The average molecular weight is 436 g/mol. The molecule has 1 amide bonds. The number of carbonyl (C=O) groups excluding carboxylic acids is 2. The number of ether oxygens (including phenoxy) is 1. The Balaban J connectivity index is 1.60. The average Bonchev–Trinajstić information content (AvgIpc) is 3.41. The summed E-state index contributed by atoms with van der Waals surface area (Å²) in [6.07, 6.45) is 1.73. The van der Waals surface area contributed by atoms with Gasteiger partial charge in [0.25, 0.3) is 5.91 Å². The Bertz CT molecular complexity index is 1140. The van der Waals surface area contributed by atoms with Crippen molar-refractivity contribution in [2.24, 2.45) is 0 Å². The molecule has 0 fully saturated rings. The summed E-state index contributed by atoms with van der Waals surface area (Å²) in [4.78, 5) is 35.3. The number of aliphatic hydroxyl groups is 1. The van der Waals surface area contributed by atoms with Crippen LogP contribution in [-0.2, 0) is 14.3 Å². The van der Waals surface area contributed by atoms with Crippen LogP contribution >= 0.6 is 11.3 Å². The third-order valence-corrected chi connectivity index (χ3v) is 5.66. The van der Waals surface area contributed by atoms with Crippen LogP contribution in [0.1, 0.15) is 0 Å². The first kappa shape index (κ1) is 20.7. The van der Waals surface area contributed by atoms with Crippen molar-refractivity contribution in [2.75, 3.05) is 32.1 Å². The number of hydrogen-bond donors (Lipinski definition) is 2. The van der Waals surface area contributed by atoms with E-state index in [1.165, 1.54) is 23.3 Å². The maximum absolute atomic E-state index is 12.7. The summed E-state index contributed by atoms with van der Waals surface area (Å²) in [6.45, 7) is 0.0412. The second-order valence-electron chi connectivity index (χ2n) is 6.75. The molecular weight excluding hydrogens is 416 g/mol. The number of anilines is 1. The number of carbonyl (C=O) groups is 2. The van der Waals surface area contributed by atoms with E-state index in [1.54, 1.807) is 12.3 Å². The topological polar surface area (TPSA) is 105 Å². The maximum Gasteiger partial charge on any atom is 0.337 e. The van der Waals surface area contributed by atoms with Gasteiger partial charge in [-0.25, -0.2) is 9.78 Å². The normalized spacial score (nSPS) is 13.6. The highest BCUT2D eigenvalue weighted by Crippen LogP contribution is 2.30. The molecule has 3 heterocycles. The highest BCUT2D eigenvalue weighted by atomic mass is 32.1. The summed E-state index contributed by atoms with van der Waals surface area (Å²) < 4.78 is 4.82. The fraction of sp³-hybridized carbons (Fsp3) is 0.182. The number of amides is 1. The summed E-state index contributed by atoms with van der Waals surface area (Å²) in [5.41, 5.74) is 3.49. The van der Waals surface area contributed by atoms with Gasteiger partial charge in [-0.05, 0) is 24.3 Å². The van der Waals surface area contributed by atoms with Crippen molar-refractivity contribution in [2.45, 2.75) is 0 Å². The Morgan fingerprint density at radius 1 is 1.26 bits per heavy atom. The van der Waals surface area contributed by atoms with Crippen molar-refractivity contribution in [1.82, 2.24) is 14.9 Å². The van der Waals surface area contributed by atoms with E-state index >= 15 is 0 Å². The van der Waals surface area contributed by atoms with Crippen LogP contribution in [0.4, 0.5) is 5.69 Å². The molecule has 158 valence electrons. The molecule has 0 atom stereocenters. The fourth-order valence-corrected chi connectivity index (χ4v) is 4.07. The summed E-state index contributed by atoms with van der Waals surface area (Å²) >= 11 is 1.50. The van der Waals surface area contributed by atoms with Crippen LogP contribution < -0.4 is 5.32 Å². The molecule has 3 aromatic rings. The van der Waals surface area contributed by atoms with Gasteiger partial charge in [0.2, 0.25) is 0 Å². The van der Waals surface area contributed by atoms with Gasteiger partial charge in [-0.3, -0.25) is 9.78 Å². The van der Waals surface area contributed by atoms with Gasteiger partial charge >= 0.3 is 5.97 Å². The minimum absolute atomic E-state index is 0.0913. The van der Waals surface area contributed by atoms with E-state index in [0.717, 1.165) is 22.0 Å². The SMILES string of the molecule is COC(=O)C1=C(Nc2cccc(-c3nc(-c4ccccn4)cs3)c2)C(=O)N(CCO)C1. The summed E-state index contributed by atoms with van der Waals surface area (Å²) in [5.74, 6) is -0.932. The Labute approximate surface area is 182 Å². The van der Waals surface area contributed by atoms with E-state index in [1.807, 2.05) is 41.8 Å². The molecule has 8 nitrogen and oxygen atoms in total. The van der Waals surface area contributed by atoms with E-state index in [9.17, 15) is 14.7 Å². The molecule has 0 saturated heterocycles. The lowest BCUT2D eigenvalue weighted by Gasteiger charge is -2.15. The molecule has 9 heteroatoms. The molecule has 1 aromatic carbocycles. The van der Waals surface area contributed by atoms with Crippen molar-refractivity contribution >= 4 is 28.9 Å². The number of aliphatic hydroxyl groups excluding tert-OH is 1. The van der Waals surface area contributed by atoms with Gasteiger partial charge in [0.15, 0.2) is 0 Å². The molecule has 0 saturated carbocycles. The lowest BCUT2D eigenvalue weighted by Crippen LogP contribution is -2.31. The van der Waals surface area contributed by atoms with Crippen LogP contribution in [0.3, 0.4) is 0 Å². The molecule has 31 heavy (non-hydrogen) atoms. The van der Waals surface area contributed by atoms with Gasteiger partial charge in [0.1, 0.15) is 16.4 Å². The molecule has 0 bridgehead atoms. The third-order valence-electron chi connectivity index (χ3n) is 4.76. The zero-order valence-corrected chi connectivity index (χ0v) is 17.6. The fourth-order valence-electron chi connectivity index (χ4n) is 3.26. The van der Waals surface area contributed by atoms with Gasteiger partial charge in [-0.15, -0.1) is 11.3 Å². The number of benzene rings is 1. The molecule has 2 aromatic heterocycles. The van der Waals surface area contributed by atoms with Crippen LogP contribution in [0, 0.1) is 0 Å². The number of nitrogens with zero attached hydrogens (tertiary/aromatic N) is 3. The van der Waals surface area contributed by atoms with E-state index in [4.69, 9.17) is 4.74 Å². The lowest BCUT2D eigenvalue weighted by atomic mass is 10.2. The van der Waals surface area contributed by atoms with Crippen molar-refractivity contribution in [3.63, 3.8) is 0 Å². The van der Waals surface area contributed by atoms with Crippen LogP contribution in [0.15, 0.2) is 65.3 Å². The Kier molecular flexibility index (Phi) is 6.06. The van der Waals surface area contributed by atoms with Gasteiger partial charge in [-0.1, -0.05) is 18.2 Å². The van der Waals surface area contributed by atoms with Gasteiger partial charge in [0, 0.05) is 29.4 Å². The minimum atomic E-state index is -0.577. The number of nitrogens with one attached hydrogen (secondary N) is 1. The molecule has 4 rings (SSSR count). The zero-order chi connectivity index (χ0) is 21.8. The monoisotopic (exact) mass is 436 g/mol. The lowest BCUT2D eigenvalue weighted by molar-refractivity contribution is -0.136. The van der Waals surface area contributed by atoms with Gasteiger partial charge < -0.3 is 20.1 Å². The number of thiazole rings is 1. The summed E-state index contributed by atoms with van der Waals surface area (Å²) in [7, 11) is 1.27. The van der Waals surface area contributed by atoms with E-state index < -0.39 is 5.97 Å². The number of hydrogen-bond acceptors (Lipinski definition) is 8. The van der Waals surface area contributed by atoms with E-state index in [0.29, 0.717) is 5.69 Å². The summed E-state index contributed by atoms with van der Waals surface area (Å²) in [6, 6.07) is 13.1. The van der Waals surface area contributed by atoms with Crippen LogP contribution in [-0.4, -0.2) is 58.7 Å². The second-order valence-corrected chi connectivity index (χ2v) is 7.61. The Morgan fingerprint density at radius 2 is 2.13 bits per heavy atom. The first-order valence-corrected chi connectivity index (χ1v) is 10.4. The largest absolute Gasteiger partial charge is 0.466 e. The minimum Gasteiger partial charge on any atom is -0.466 e. The number of aromatic nitrogens is 2. The predicted molar refractivity (Wildman–Crippen MR) is 117 cm³/mol. The maximum atomic E-state index is 12.7. The predicted octanol–water partition coefficient (Wildman–Crippen LogP) is 2.55. The smallest absolute Gasteiger partial charge is 0.337 e. The molecule has 0 unspecified atom stereocenters. The molecule has 1 aliphatic heterocycles. The quantitative estimate of drug-likeness (QED) is 0.549. The Morgan fingerprint density at radius 3 is 2.87 bits per heavy atom. The number of rotatable bonds is 7. The number of methoxy groups -OCH3 is 1. The molecule has 0 spiro atoms. The first-order chi connectivity index (χ1) is 15.1. The second kappa shape index (κ2) is 9.07. The van der Waals surface area contributed by atoms with Crippen LogP contribution in [0.25, 0.3) is 22.0 Å². The summed E-state index contributed by atoms with van der Waals surface area (Å²) in [5, 5.41) is 15.0. The van der Waals surface area contributed by atoms with Crippen molar-refractivity contribution < 1.29 is 19.4 Å². The van der Waals surface area contributed by atoms with Crippen molar-refractivity contribution in [1.29, 1.82) is 0 Å². The molecule has 1 aliphatic rings. The highest BCUT2D eigenvalue weighted by molar-refractivity contribution is 7.13. The van der Waals surface area contributed by atoms with Crippen molar-refractivity contribution in [3.05, 3.63) is 65.3 Å². The van der Waals surface area contributed by atoms with Crippen LogP contribution in [0.5, 0.6) is 0 Å². The van der Waals surface area contributed by atoms with Crippen LogP contribution in [0.2, 0.25) is 0 Å². The number of pyridine rings is 1. The molecular formula is C22H20N4O4S. The third kappa shape index (κ3) is 4.32. The molecule has 2 N–H and O–H groups in total. The van der Waals surface area contributed by atoms with Gasteiger partial charge in [-0.2, -0.15) is 0 Å². The van der Waals surface area contributed by atoms with E-state index in [-0.39, 0.29) is 36.9 Å². The molecule has 0 aliphatic carbocycles. The van der Waals surface area contributed by atoms with E-state index in [2.05, 4.69) is 15.3 Å². The number of β-amino-alcohol motifs (C(OH)–C–C–N with tert-alkyl or cyclic N) is 1. The number of esters is 1. The Hall–Kier alpha value is -3.56. The zero-order valence-electron chi connectivity index (χ0n) is 16.7. The highest BCUT2D eigenvalue weighted by Gasteiger charge is 2.34. The standard InChI is InChI=1S/C22H20N4O4S/c1-30-22(29)16-12-26(9-10-27)21(28)19(16)24-15-6-4-5-14(11-15)20-25-18(13-31-20)17-7-2-3-8-23-17/h2-8,11,13,24,27H,9-10,12H2,1H3. The van der Waals surface area contributed by atoms with Crippen molar-refractivity contribution in [3.8, 4) is 22.0 Å². The van der Waals surface area contributed by atoms with Gasteiger partial charge in [0.05, 0.1) is 31.5 Å². The molecule has 0 radical (unpaired) electrons.